The van der Waals surface area contributed by atoms with Gasteiger partial charge in [-0.05, 0) is 92.3 Å². The maximum absolute atomic E-state index is 13.7. The lowest BCUT2D eigenvalue weighted by Gasteiger charge is -2.60. The Morgan fingerprint density at radius 1 is 1.14 bits per heavy atom. The molecule has 0 bridgehead atoms. The minimum absolute atomic E-state index is 0.188. The van der Waals surface area contributed by atoms with E-state index in [1.165, 1.54) is 25.7 Å². The van der Waals surface area contributed by atoms with Gasteiger partial charge >= 0.3 is 0 Å². The van der Waals surface area contributed by atoms with Crippen LogP contribution in [0.2, 0.25) is 0 Å². The molecular formula is C24H40N2O2. The van der Waals surface area contributed by atoms with E-state index in [1.807, 2.05) is 0 Å². The smallest absolute Gasteiger partial charge is 0.217 e. The number of ketones is 1. The van der Waals surface area contributed by atoms with Gasteiger partial charge in [0, 0.05) is 24.3 Å². The molecule has 4 fully saturated rings. The topological polar surface area (TPSA) is 86.2 Å². The molecule has 0 radical (unpaired) electrons. The third-order valence-corrected chi connectivity index (χ3v) is 10.2. The van der Waals surface area contributed by atoms with Crippen molar-refractivity contribution in [1.29, 1.82) is 0 Å². The Kier molecular flexibility index (Phi) is 5.17. The average Bonchev–Trinajstić information content (AvgIpc) is 3.00. The van der Waals surface area contributed by atoms with Crippen LogP contribution in [0.5, 0.6) is 0 Å². The third kappa shape index (κ3) is 2.97. The van der Waals surface area contributed by atoms with Crippen LogP contribution in [0.3, 0.4) is 0 Å². The number of fused-ring (bicyclic) bond motifs is 5. The van der Waals surface area contributed by atoms with Gasteiger partial charge in [-0.1, -0.05) is 20.8 Å². The van der Waals surface area contributed by atoms with Crippen molar-refractivity contribution in [2.45, 2.75) is 91.0 Å². The predicted octanol–water partition coefficient (Wildman–Crippen LogP) is 4.05. The first kappa shape index (κ1) is 20.4. The van der Waals surface area contributed by atoms with Crippen LogP contribution >= 0.6 is 0 Å². The summed E-state index contributed by atoms with van der Waals surface area (Å²) in [5.41, 5.74) is 11.8. The van der Waals surface area contributed by atoms with Crippen LogP contribution in [0.1, 0.15) is 85.0 Å². The van der Waals surface area contributed by atoms with Crippen molar-refractivity contribution in [2.24, 2.45) is 57.8 Å². The first-order valence-electron chi connectivity index (χ1n) is 11.7. The highest BCUT2D eigenvalue weighted by Crippen LogP contribution is 2.67. The van der Waals surface area contributed by atoms with Crippen LogP contribution in [-0.2, 0) is 9.59 Å². The molecule has 4 N–H and O–H groups in total. The van der Waals surface area contributed by atoms with E-state index < -0.39 is 0 Å². The summed E-state index contributed by atoms with van der Waals surface area (Å²) in [6, 6.07) is 0.362. The molecular weight excluding hydrogens is 348 g/mol. The van der Waals surface area contributed by atoms with E-state index >= 15 is 0 Å². The van der Waals surface area contributed by atoms with Gasteiger partial charge in [0.05, 0.1) is 0 Å². The second kappa shape index (κ2) is 7.11. The number of nitrogens with two attached hydrogens (primary N) is 2. The summed E-state index contributed by atoms with van der Waals surface area (Å²) in [6.45, 7) is 7.00. The second-order valence-corrected chi connectivity index (χ2v) is 11.3. The number of carbonyl (C=O) groups is 2. The van der Waals surface area contributed by atoms with Gasteiger partial charge in [0.2, 0.25) is 5.91 Å². The summed E-state index contributed by atoms with van der Waals surface area (Å²) >= 11 is 0. The number of hydrogen-bond donors (Lipinski definition) is 2. The zero-order valence-corrected chi connectivity index (χ0v) is 18.1. The summed E-state index contributed by atoms with van der Waals surface area (Å²) in [6.07, 6.45) is 10.4. The van der Waals surface area contributed by atoms with E-state index in [0.29, 0.717) is 59.2 Å². The molecule has 0 saturated heterocycles. The molecule has 4 aliphatic rings. The Morgan fingerprint density at radius 3 is 2.61 bits per heavy atom. The van der Waals surface area contributed by atoms with Gasteiger partial charge < -0.3 is 11.5 Å². The van der Waals surface area contributed by atoms with Gasteiger partial charge in [-0.25, -0.2) is 0 Å². The Labute approximate surface area is 170 Å². The van der Waals surface area contributed by atoms with Gasteiger partial charge in [0.1, 0.15) is 5.78 Å². The first-order chi connectivity index (χ1) is 13.2. The van der Waals surface area contributed by atoms with E-state index in [4.69, 9.17) is 11.5 Å². The van der Waals surface area contributed by atoms with Gasteiger partial charge in [0.25, 0.3) is 0 Å². The van der Waals surface area contributed by atoms with Crippen molar-refractivity contribution in [2.75, 3.05) is 0 Å². The highest BCUT2D eigenvalue weighted by molar-refractivity contribution is 5.87. The van der Waals surface area contributed by atoms with Crippen molar-refractivity contribution in [3.8, 4) is 0 Å². The van der Waals surface area contributed by atoms with Crippen LogP contribution in [0.15, 0.2) is 0 Å². The lowest BCUT2D eigenvalue weighted by Crippen LogP contribution is -2.57. The molecule has 4 saturated carbocycles. The van der Waals surface area contributed by atoms with Crippen molar-refractivity contribution in [3.05, 3.63) is 0 Å². The molecule has 0 unspecified atom stereocenters. The third-order valence-electron chi connectivity index (χ3n) is 10.2. The Morgan fingerprint density at radius 2 is 1.89 bits per heavy atom. The number of rotatable bonds is 4. The molecule has 0 aromatic heterocycles. The first-order valence-corrected chi connectivity index (χ1v) is 11.7. The van der Waals surface area contributed by atoms with E-state index in [1.54, 1.807) is 0 Å². The molecule has 9 atom stereocenters. The SMILES string of the molecule is C[C@H](CCC(N)=O)[C@H]1CC[C@H]2[C@@H]3CC[C@@H]4C[C@@H](N)CC[C@]4(C)[C@H]3CC(=O)[C@]12C. The number of Topliss-reactive ketones (excluding diaryl/α,β-unsaturated/α-hetero) is 1. The zero-order chi connectivity index (χ0) is 20.3. The minimum Gasteiger partial charge on any atom is -0.370 e. The molecule has 158 valence electrons. The molecule has 0 heterocycles. The Bertz CT molecular complexity index is 649. The monoisotopic (exact) mass is 388 g/mol. The molecule has 4 rings (SSSR count). The number of amides is 1. The molecule has 0 aliphatic heterocycles. The fourth-order valence-electron chi connectivity index (χ4n) is 8.51. The molecule has 0 spiro atoms. The largest absolute Gasteiger partial charge is 0.370 e. The molecule has 1 amide bonds. The normalized spacial score (nSPS) is 49.1. The highest BCUT2D eigenvalue weighted by Gasteiger charge is 2.63. The van der Waals surface area contributed by atoms with Crippen molar-refractivity contribution < 1.29 is 9.59 Å². The van der Waals surface area contributed by atoms with Crippen molar-refractivity contribution >= 4 is 11.7 Å². The molecule has 0 aromatic carbocycles. The molecule has 4 heteroatoms. The summed E-state index contributed by atoms with van der Waals surface area (Å²) < 4.78 is 0. The molecule has 0 aromatic rings. The summed E-state index contributed by atoms with van der Waals surface area (Å²) in [4.78, 5) is 24.9. The Hall–Kier alpha value is -0.900. The standard InChI is InChI=1S/C24H40N2O2/c1-14(4-9-22(26)28)18-7-8-19-17-6-5-15-12-16(25)10-11-23(15,2)20(17)13-21(27)24(18,19)3/h14-20H,4-13,25H2,1-3H3,(H2,26,28)/t14-,15-,16+,17+,18-,19+,20+,23+,24-/m1/s1. The predicted molar refractivity (Wildman–Crippen MR) is 111 cm³/mol. The average molecular weight is 389 g/mol. The number of carbonyl (C=O) groups excluding carboxylic acids is 2. The summed E-state index contributed by atoms with van der Waals surface area (Å²) in [5, 5.41) is 0. The zero-order valence-electron chi connectivity index (χ0n) is 18.1. The number of primary amides is 1. The van der Waals surface area contributed by atoms with Gasteiger partial charge in [-0.15, -0.1) is 0 Å². The Balaban J connectivity index is 1.57. The fraction of sp³-hybridized carbons (Fsp3) is 0.917. The van der Waals surface area contributed by atoms with Crippen LogP contribution in [-0.4, -0.2) is 17.7 Å². The molecule has 28 heavy (non-hydrogen) atoms. The van der Waals surface area contributed by atoms with Crippen molar-refractivity contribution in [1.82, 2.24) is 0 Å². The van der Waals surface area contributed by atoms with Crippen LogP contribution < -0.4 is 11.5 Å². The second-order valence-electron chi connectivity index (χ2n) is 11.3. The fourth-order valence-corrected chi connectivity index (χ4v) is 8.51. The van der Waals surface area contributed by atoms with Crippen LogP contribution in [0.4, 0.5) is 0 Å². The lowest BCUT2D eigenvalue weighted by molar-refractivity contribution is -0.157. The van der Waals surface area contributed by atoms with Crippen molar-refractivity contribution in [3.63, 3.8) is 0 Å². The highest BCUT2D eigenvalue weighted by atomic mass is 16.1. The van der Waals surface area contributed by atoms with E-state index in [0.717, 1.165) is 32.1 Å². The van der Waals surface area contributed by atoms with Crippen LogP contribution in [0, 0.1) is 46.3 Å². The molecule has 4 nitrogen and oxygen atoms in total. The minimum atomic E-state index is -0.219. The van der Waals surface area contributed by atoms with E-state index in [2.05, 4.69) is 20.8 Å². The van der Waals surface area contributed by atoms with Gasteiger partial charge in [0.15, 0.2) is 0 Å². The van der Waals surface area contributed by atoms with Gasteiger partial charge in [-0.3, -0.25) is 9.59 Å². The number of hydrogen-bond acceptors (Lipinski definition) is 3. The molecule has 4 aliphatic carbocycles. The maximum Gasteiger partial charge on any atom is 0.217 e. The maximum atomic E-state index is 13.7. The van der Waals surface area contributed by atoms with E-state index in [-0.39, 0.29) is 11.3 Å². The summed E-state index contributed by atoms with van der Waals surface area (Å²) in [5.74, 6) is 3.61. The quantitative estimate of drug-likeness (QED) is 0.761. The van der Waals surface area contributed by atoms with E-state index in [9.17, 15) is 9.59 Å². The van der Waals surface area contributed by atoms with Gasteiger partial charge in [-0.2, -0.15) is 0 Å². The summed E-state index contributed by atoms with van der Waals surface area (Å²) in [7, 11) is 0. The lowest BCUT2D eigenvalue weighted by atomic mass is 9.44. The van der Waals surface area contributed by atoms with Crippen LogP contribution in [0.25, 0.3) is 0 Å².